The molecule has 0 spiro atoms. The predicted octanol–water partition coefficient (Wildman–Crippen LogP) is -0.615. The maximum absolute atomic E-state index is 10.5. The molecule has 1 saturated heterocycles. The molecule has 0 aromatic heterocycles. The third kappa shape index (κ3) is 14.0. The van der Waals surface area contributed by atoms with Crippen LogP contribution >= 0.6 is 0 Å². The van der Waals surface area contributed by atoms with Gasteiger partial charge in [-0.3, -0.25) is 0 Å². The summed E-state index contributed by atoms with van der Waals surface area (Å²) in [4.78, 5) is 0. The molecule has 0 atom stereocenters. The quantitative estimate of drug-likeness (QED) is 0.591. The first-order valence-corrected chi connectivity index (χ1v) is 9.30. The van der Waals surface area contributed by atoms with Gasteiger partial charge in [0.2, 0.25) is 0 Å². The highest BCUT2D eigenvalue weighted by Crippen LogP contribution is 2.15. The normalized spacial score (nSPS) is 20.2. The van der Waals surface area contributed by atoms with Gasteiger partial charge < -0.3 is 0 Å². The van der Waals surface area contributed by atoms with Gasteiger partial charge in [-0.2, -0.15) is 21.1 Å². The second-order valence-corrected chi connectivity index (χ2v) is 7.23. The molecule has 0 aromatic carbocycles. The second kappa shape index (κ2) is 8.82. The summed E-state index contributed by atoms with van der Waals surface area (Å²) in [7, 11) is -7.04. The minimum Gasteiger partial charge on any atom is -0.216 e. The van der Waals surface area contributed by atoms with Crippen LogP contribution in [0.25, 0.3) is 0 Å². The molecule has 6 N–H and O–H groups in total. The Balaban J connectivity index is 0.000000278. The highest BCUT2D eigenvalue weighted by molar-refractivity contribution is 7.87. The number of rotatable bonds is 1. The molecule has 1 saturated carbocycles. The zero-order valence-electron chi connectivity index (χ0n) is 11.0. The molecule has 8 nitrogen and oxygen atoms in total. The van der Waals surface area contributed by atoms with Crippen molar-refractivity contribution in [2.24, 2.45) is 15.4 Å². The molecule has 1 heterocycles. The highest BCUT2D eigenvalue weighted by atomic mass is 32.2. The van der Waals surface area contributed by atoms with Crippen molar-refractivity contribution in [2.45, 2.75) is 44.9 Å². The molecule has 116 valence electrons. The minimum absolute atomic E-state index is 0.596. The summed E-state index contributed by atoms with van der Waals surface area (Å²) in [5, 5.41) is 13.0. The maximum atomic E-state index is 10.5. The summed E-state index contributed by atoms with van der Waals surface area (Å²) in [6.45, 7) is 1.19. The Morgan fingerprint density at radius 3 is 1.05 bits per heavy atom. The first kappa shape index (κ1) is 18.7. The predicted molar refractivity (Wildman–Crippen MR) is 74.3 cm³/mol. The third-order valence-electron chi connectivity index (χ3n) is 2.67. The summed E-state index contributed by atoms with van der Waals surface area (Å²) >= 11 is 0. The van der Waals surface area contributed by atoms with Gasteiger partial charge in [0, 0.05) is 13.1 Å². The van der Waals surface area contributed by atoms with Crippen LogP contribution in [0.4, 0.5) is 0 Å². The van der Waals surface area contributed by atoms with Crippen molar-refractivity contribution in [3.05, 3.63) is 0 Å². The Bertz CT molecular complexity index is 410. The van der Waals surface area contributed by atoms with Crippen LogP contribution in [0.5, 0.6) is 0 Å². The van der Waals surface area contributed by atoms with Gasteiger partial charge in [0.05, 0.1) is 0 Å². The Morgan fingerprint density at radius 2 is 0.895 bits per heavy atom. The van der Waals surface area contributed by atoms with Gasteiger partial charge in [-0.1, -0.05) is 32.1 Å². The van der Waals surface area contributed by atoms with Crippen LogP contribution in [-0.4, -0.2) is 34.2 Å². The number of hydrogen-bond acceptors (Lipinski definition) is 4. The van der Waals surface area contributed by atoms with E-state index in [0.29, 0.717) is 13.1 Å². The van der Waals surface area contributed by atoms with E-state index >= 15 is 0 Å². The van der Waals surface area contributed by atoms with E-state index in [1.807, 2.05) is 0 Å². The van der Waals surface area contributed by atoms with E-state index in [0.717, 1.165) is 12.8 Å². The van der Waals surface area contributed by atoms with Crippen molar-refractivity contribution in [3.63, 3.8) is 0 Å². The largest absolute Gasteiger partial charge is 0.276 e. The second-order valence-electron chi connectivity index (χ2n) is 4.51. The lowest BCUT2D eigenvalue weighted by atomic mass is 10.4. The summed E-state index contributed by atoms with van der Waals surface area (Å²) < 4.78 is 40.7. The highest BCUT2D eigenvalue weighted by Gasteiger charge is 2.20. The fourth-order valence-corrected chi connectivity index (χ4v) is 2.59. The lowest BCUT2D eigenvalue weighted by Crippen LogP contribution is -2.33. The van der Waals surface area contributed by atoms with E-state index < -0.39 is 20.4 Å². The molecule has 1 aliphatic carbocycles. The molecule has 2 rings (SSSR count). The van der Waals surface area contributed by atoms with Crippen molar-refractivity contribution < 1.29 is 16.8 Å². The van der Waals surface area contributed by atoms with Crippen molar-refractivity contribution >= 4 is 20.4 Å². The molecule has 1 aliphatic heterocycles. The van der Waals surface area contributed by atoms with Crippen LogP contribution in [0.15, 0.2) is 0 Å². The number of nitrogens with zero attached hydrogens (tertiary/aromatic N) is 1. The molecular formula is C9H24N4O4S2. The monoisotopic (exact) mass is 316 g/mol. The lowest BCUT2D eigenvalue weighted by Gasteiger charge is -2.09. The van der Waals surface area contributed by atoms with Gasteiger partial charge in [0.25, 0.3) is 20.4 Å². The smallest absolute Gasteiger partial charge is 0.216 e. The molecule has 0 radical (unpaired) electrons. The summed E-state index contributed by atoms with van der Waals surface area (Å²) in [5.41, 5.74) is 0. The average molecular weight is 316 g/mol. The van der Waals surface area contributed by atoms with Gasteiger partial charge >= 0.3 is 0 Å². The molecule has 19 heavy (non-hydrogen) atoms. The maximum Gasteiger partial charge on any atom is 0.276 e. The van der Waals surface area contributed by atoms with E-state index in [4.69, 9.17) is 5.14 Å². The van der Waals surface area contributed by atoms with E-state index in [-0.39, 0.29) is 0 Å². The van der Waals surface area contributed by atoms with Crippen molar-refractivity contribution in [1.29, 1.82) is 0 Å². The van der Waals surface area contributed by atoms with Crippen LogP contribution < -0.4 is 15.4 Å². The Kier molecular flexibility index (Phi) is 8.70. The number of hydrogen-bond donors (Lipinski definition) is 3. The molecule has 0 aromatic rings. The topological polar surface area (TPSA) is 150 Å². The molecule has 0 unspecified atom stereocenters. The molecule has 2 fully saturated rings. The lowest BCUT2D eigenvalue weighted by molar-refractivity contribution is 0.479. The van der Waals surface area contributed by atoms with Gasteiger partial charge in [-0.25, -0.2) is 15.4 Å². The van der Waals surface area contributed by atoms with Crippen molar-refractivity contribution in [2.75, 3.05) is 13.1 Å². The Morgan fingerprint density at radius 1 is 0.632 bits per heavy atom. The van der Waals surface area contributed by atoms with E-state index in [9.17, 15) is 16.8 Å². The molecule has 10 heteroatoms. The van der Waals surface area contributed by atoms with Crippen LogP contribution in [0.1, 0.15) is 44.9 Å². The van der Waals surface area contributed by atoms with Crippen molar-refractivity contribution in [3.8, 4) is 0 Å². The molecule has 0 amide bonds. The van der Waals surface area contributed by atoms with Crippen LogP contribution in [0, 0.1) is 0 Å². The third-order valence-corrected chi connectivity index (χ3v) is 3.76. The van der Waals surface area contributed by atoms with Gasteiger partial charge in [-0.05, 0) is 12.8 Å². The zero-order chi connectivity index (χ0) is 14.9. The summed E-state index contributed by atoms with van der Waals surface area (Å²) in [5.74, 6) is 0. The summed E-state index contributed by atoms with van der Waals surface area (Å²) in [6.07, 6.45) is 9.38. The Hall–Kier alpha value is -0.260. The average Bonchev–Trinajstić information content (AvgIpc) is 2.91. The van der Waals surface area contributed by atoms with E-state index in [1.54, 1.807) is 0 Å². The van der Waals surface area contributed by atoms with Gasteiger partial charge in [0.15, 0.2) is 0 Å². The Labute approximate surface area is 115 Å². The first-order valence-electron chi connectivity index (χ1n) is 6.19. The van der Waals surface area contributed by atoms with E-state index in [2.05, 4.69) is 10.3 Å². The van der Waals surface area contributed by atoms with Crippen LogP contribution in [0.2, 0.25) is 0 Å². The zero-order valence-corrected chi connectivity index (χ0v) is 12.6. The van der Waals surface area contributed by atoms with Gasteiger partial charge in [-0.15, -0.1) is 0 Å². The SMILES string of the molecule is C1CCCC1.NS(=O)(=O)N1CCCC1.NS(N)(=O)=O. The number of nitrogens with two attached hydrogens (primary N) is 3. The fourth-order valence-electron chi connectivity index (χ4n) is 1.83. The van der Waals surface area contributed by atoms with Crippen molar-refractivity contribution in [1.82, 2.24) is 4.31 Å². The molecule has 0 bridgehead atoms. The van der Waals surface area contributed by atoms with E-state index in [1.165, 1.54) is 36.4 Å². The van der Waals surface area contributed by atoms with Crippen LogP contribution in [0.3, 0.4) is 0 Å². The molecule has 2 aliphatic rings. The minimum atomic E-state index is -3.67. The fraction of sp³-hybridized carbons (Fsp3) is 1.00. The van der Waals surface area contributed by atoms with Gasteiger partial charge in [0.1, 0.15) is 0 Å². The standard InChI is InChI=1S/C5H10.C4H10N2O2S.H4N2O2S/c1-2-4-5-3-1;5-9(7,8)6-3-1-2-4-6;1-5(2,3)4/h1-5H2;1-4H2,(H2,5,7,8);(H4,1,2,3,4). The summed E-state index contributed by atoms with van der Waals surface area (Å²) in [6, 6.07) is 0. The van der Waals surface area contributed by atoms with Crippen LogP contribution in [-0.2, 0) is 20.4 Å². The first-order chi connectivity index (χ1) is 8.61. The molecular weight excluding hydrogens is 292 g/mol.